The molecule has 0 aliphatic heterocycles. The number of rotatable bonds is 1. The smallest absolute Gasteiger partial charge is 0.135 e. The van der Waals surface area contributed by atoms with Crippen molar-refractivity contribution in [2.75, 3.05) is 0 Å². The van der Waals surface area contributed by atoms with Crippen molar-refractivity contribution in [2.24, 2.45) is 0 Å². The molecule has 4 aromatic carbocycles. The lowest BCUT2D eigenvalue weighted by molar-refractivity contribution is 0.669. The van der Waals surface area contributed by atoms with Crippen LogP contribution in [-0.2, 0) is 0 Å². The van der Waals surface area contributed by atoms with Crippen LogP contribution in [-0.4, -0.2) is 0 Å². The van der Waals surface area contributed by atoms with Crippen molar-refractivity contribution >= 4 is 69.4 Å². The molecule has 3 heteroatoms. The van der Waals surface area contributed by atoms with Crippen molar-refractivity contribution in [3.8, 4) is 11.1 Å². The Morgan fingerprint density at radius 2 is 1.30 bits per heavy atom. The molecule has 0 saturated heterocycles. The van der Waals surface area contributed by atoms with Gasteiger partial charge < -0.3 is 4.42 Å². The van der Waals surface area contributed by atoms with E-state index in [0.717, 1.165) is 15.6 Å². The molecule has 0 atom stereocenters. The summed E-state index contributed by atoms with van der Waals surface area (Å²) in [6.07, 6.45) is 0. The largest absolute Gasteiger partial charge is 0.456 e. The molecular formula is C24H13BrOS. The summed E-state index contributed by atoms with van der Waals surface area (Å²) in [6.45, 7) is 0. The van der Waals surface area contributed by atoms with E-state index in [0.29, 0.717) is 0 Å². The van der Waals surface area contributed by atoms with Crippen LogP contribution in [0.2, 0.25) is 0 Å². The van der Waals surface area contributed by atoms with Gasteiger partial charge in [-0.2, -0.15) is 0 Å². The van der Waals surface area contributed by atoms with Crippen molar-refractivity contribution in [2.45, 2.75) is 0 Å². The van der Waals surface area contributed by atoms with Crippen LogP contribution in [0.3, 0.4) is 0 Å². The Balaban J connectivity index is 1.57. The van der Waals surface area contributed by atoms with Gasteiger partial charge in [-0.3, -0.25) is 0 Å². The van der Waals surface area contributed by atoms with E-state index in [4.69, 9.17) is 4.42 Å². The fraction of sp³-hybridized carbons (Fsp3) is 0. The van der Waals surface area contributed by atoms with Crippen molar-refractivity contribution in [3.63, 3.8) is 0 Å². The molecule has 27 heavy (non-hydrogen) atoms. The lowest BCUT2D eigenvalue weighted by Gasteiger charge is -2.02. The summed E-state index contributed by atoms with van der Waals surface area (Å²) in [5, 5.41) is 4.98. The number of hydrogen-bond donors (Lipinski definition) is 0. The van der Waals surface area contributed by atoms with Crippen LogP contribution in [0.4, 0.5) is 0 Å². The number of halogens is 1. The summed E-state index contributed by atoms with van der Waals surface area (Å²) < 4.78 is 9.72. The third-order valence-electron chi connectivity index (χ3n) is 5.15. The van der Waals surface area contributed by atoms with E-state index >= 15 is 0 Å². The number of fused-ring (bicyclic) bond motifs is 6. The predicted molar refractivity (Wildman–Crippen MR) is 120 cm³/mol. The summed E-state index contributed by atoms with van der Waals surface area (Å²) in [5.74, 6) is 0. The summed E-state index contributed by atoms with van der Waals surface area (Å²) >= 11 is 5.42. The first-order valence-corrected chi connectivity index (χ1v) is 10.4. The van der Waals surface area contributed by atoms with Crippen LogP contribution in [0, 0.1) is 0 Å². The molecule has 128 valence electrons. The second-order valence-electron chi connectivity index (χ2n) is 6.76. The van der Waals surface area contributed by atoms with Crippen LogP contribution in [0.5, 0.6) is 0 Å². The molecule has 0 aliphatic carbocycles. The number of benzene rings is 4. The fourth-order valence-electron chi connectivity index (χ4n) is 3.84. The number of furan rings is 1. The molecule has 0 saturated carbocycles. The maximum Gasteiger partial charge on any atom is 0.135 e. The van der Waals surface area contributed by atoms with Crippen LogP contribution < -0.4 is 0 Å². The van der Waals surface area contributed by atoms with E-state index < -0.39 is 0 Å². The third kappa shape index (κ3) is 2.35. The molecule has 0 spiro atoms. The number of thiophene rings is 1. The van der Waals surface area contributed by atoms with Crippen LogP contribution in [0.25, 0.3) is 53.2 Å². The predicted octanol–water partition coefficient (Wildman–Crippen LogP) is 8.38. The highest BCUT2D eigenvalue weighted by Crippen LogP contribution is 2.38. The Morgan fingerprint density at radius 1 is 0.593 bits per heavy atom. The van der Waals surface area contributed by atoms with E-state index in [1.165, 1.54) is 42.1 Å². The second kappa shape index (κ2) is 5.69. The molecule has 0 aliphatic rings. The van der Waals surface area contributed by atoms with E-state index in [1.54, 1.807) is 0 Å². The molecule has 2 heterocycles. The molecule has 0 unspecified atom stereocenters. The van der Waals surface area contributed by atoms with Crippen molar-refractivity contribution < 1.29 is 4.42 Å². The summed E-state index contributed by atoms with van der Waals surface area (Å²) in [7, 11) is 0. The standard InChI is InChI=1S/C24H13BrOS/c25-16-7-9-19-18-8-5-15(12-23(18)27-24(19)13-16)14-6-10-22-20(11-14)17-3-1-2-4-21(17)26-22/h1-13H. The molecule has 0 N–H and O–H groups in total. The van der Waals surface area contributed by atoms with E-state index in [9.17, 15) is 0 Å². The Kier molecular flexibility index (Phi) is 3.25. The first kappa shape index (κ1) is 15.4. The lowest BCUT2D eigenvalue weighted by atomic mass is 10.0. The van der Waals surface area contributed by atoms with E-state index in [-0.39, 0.29) is 0 Å². The molecule has 2 aromatic heterocycles. The van der Waals surface area contributed by atoms with Gasteiger partial charge in [-0.25, -0.2) is 0 Å². The fourth-order valence-corrected chi connectivity index (χ4v) is 5.53. The van der Waals surface area contributed by atoms with Crippen molar-refractivity contribution in [1.82, 2.24) is 0 Å². The van der Waals surface area contributed by atoms with Gasteiger partial charge in [0.2, 0.25) is 0 Å². The van der Waals surface area contributed by atoms with Gasteiger partial charge in [0, 0.05) is 35.4 Å². The summed E-state index contributed by atoms with van der Waals surface area (Å²) in [5.41, 5.74) is 4.33. The Bertz CT molecular complexity index is 1490. The van der Waals surface area contributed by atoms with Crippen molar-refractivity contribution in [3.05, 3.63) is 83.3 Å². The quantitative estimate of drug-likeness (QED) is 0.256. The van der Waals surface area contributed by atoms with E-state index in [2.05, 4.69) is 82.7 Å². The van der Waals surface area contributed by atoms with Crippen LogP contribution in [0.15, 0.2) is 87.8 Å². The maximum absolute atomic E-state index is 5.96. The molecule has 0 fully saturated rings. The van der Waals surface area contributed by atoms with Gasteiger partial charge in [0.25, 0.3) is 0 Å². The highest BCUT2D eigenvalue weighted by Gasteiger charge is 2.10. The molecule has 0 amide bonds. The Hall–Kier alpha value is -2.62. The Labute approximate surface area is 168 Å². The highest BCUT2D eigenvalue weighted by molar-refractivity contribution is 9.10. The minimum atomic E-state index is 0.938. The third-order valence-corrected chi connectivity index (χ3v) is 6.75. The monoisotopic (exact) mass is 428 g/mol. The lowest BCUT2D eigenvalue weighted by Crippen LogP contribution is -1.77. The normalized spacial score (nSPS) is 11.9. The summed E-state index contributed by atoms with van der Waals surface area (Å²) in [4.78, 5) is 0. The highest BCUT2D eigenvalue weighted by atomic mass is 79.9. The van der Waals surface area contributed by atoms with Gasteiger partial charge >= 0.3 is 0 Å². The molecule has 0 bridgehead atoms. The Morgan fingerprint density at radius 3 is 2.22 bits per heavy atom. The van der Waals surface area contributed by atoms with E-state index in [1.807, 2.05) is 23.5 Å². The zero-order valence-corrected chi connectivity index (χ0v) is 16.6. The minimum absolute atomic E-state index is 0.938. The molecule has 1 nitrogen and oxygen atoms in total. The maximum atomic E-state index is 5.96. The van der Waals surface area contributed by atoms with Crippen LogP contribution in [0.1, 0.15) is 0 Å². The second-order valence-corrected chi connectivity index (χ2v) is 8.76. The average molecular weight is 429 g/mol. The zero-order valence-electron chi connectivity index (χ0n) is 14.2. The SMILES string of the molecule is Brc1ccc2c(c1)sc1cc(-c3ccc4oc5ccccc5c4c3)ccc12. The number of hydrogen-bond acceptors (Lipinski definition) is 2. The molecule has 0 radical (unpaired) electrons. The zero-order chi connectivity index (χ0) is 18.0. The van der Waals surface area contributed by atoms with Gasteiger partial charge in [-0.1, -0.05) is 58.4 Å². The van der Waals surface area contributed by atoms with Gasteiger partial charge in [0.1, 0.15) is 11.2 Å². The molecule has 6 rings (SSSR count). The van der Waals surface area contributed by atoms with Crippen molar-refractivity contribution in [1.29, 1.82) is 0 Å². The first-order valence-electron chi connectivity index (χ1n) is 8.80. The van der Waals surface area contributed by atoms with Gasteiger partial charge in [-0.15, -0.1) is 11.3 Å². The topological polar surface area (TPSA) is 13.1 Å². The first-order chi connectivity index (χ1) is 13.3. The summed E-state index contributed by atoms with van der Waals surface area (Å²) in [6, 6.07) is 28.0. The van der Waals surface area contributed by atoms with Gasteiger partial charge in [0.15, 0.2) is 0 Å². The van der Waals surface area contributed by atoms with Crippen LogP contribution >= 0.6 is 27.3 Å². The average Bonchev–Trinajstić information content (AvgIpc) is 3.24. The molecular weight excluding hydrogens is 416 g/mol. The minimum Gasteiger partial charge on any atom is -0.456 e. The van der Waals surface area contributed by atoms with Gasteiger partial charge in [-0.05, 0) is 47.5 Å². The molecule has 6 aromatic rings. The number of para-hydroxylation sites is 1. The van der Waals surface area contributed by atoms with Gasteiger partial charge in [0.05, 0.1) is 0 Å².